The molecule has 0 unspecified atom stereocenters. The molecule has 1 aliphatic rings. The Bertz CT molecular complexity index is 159. The van der Waals surface area contributed by atoms with Crippen molar-refractivity contribution in [2.75, 3.05) is 26.2 Å². The molecule has 0 aromatic carbocycles. The summed E-state index contributed by atoms with van der Waals surface area (Å²) in [7, 11) is 0. The first-order chi connectivity index (χ1) is 7.88. The lowest BCUT2D eigenvalue weighted by Crippen LogP contribution is -2.45. The SMILES string of the molecule is CCCCNC[C@@H]1CCCCN1CCCC. The summed E-state index contributed by atoms with van der Waals surface area (Å²) in [4.78, 5) is 2.71. The molecule has 1 aliphatic heterocycles. The minimum atomic E-state index is 0.817. The van der Waals surface area contributed by atoms with Gasteiger partial charge in [-0.3, -0.25) is 4.90 Å². The van der Waals surface area contributed by atoms with Gasteiger partial charge in [0.15, 0.2) is 0 Å². The quantitative estimate of drug-likeness (QED) is 0.640. The summed E-state index contributed by atoms with van der Waals surface area (Å²) in [6.07, 6.45) is 9.57. The number of rotatable bonds is 8. The summed E-state index contributed by atoms with van der Waals surface area (Å²) >= 11 is 0. The van der Waals surface area contributed by atoms with Crippen molar-refractivity contribution < 1.29 is 0 Å². The van der Waals surface area contributed by atoms with Crippen LogP contribution in [0.25, 0.3) is 0 Å². The van der Waals surface area contributed by atoms with E-state index in [4.69, 9.17) is 0 Å². The van der Waals surface area contributed by atoms with Crippen LogP contribution in [0.5, 0.6) is 0 Å². The molecule has 0 aromatic rings. The minimum absolute atomic E-state index is 0.817. The van der Waals surface area contributed by atoms with Crippen molar-refractivity contribution in [1.29, 1.82) is 0 Å². The van der Waals surface area contributed by atoms with Gasteiger partial charge in [0.25, 0.3) is 0 Å². The van der Waals surface area contributed by atoms with Gasteiger partial charge >= 0.3 is 0 Å². The van der Waals surface area contributed by atoms with Crippen molar-refractivity contribution in [3.8, 4) is 0 Å². The maximum atomic E-state index is 3.62. The Morgan fingerprint density at radius 1 is 1.12 bits per heavy atom. The van der Waals surface area contributed by atoms with Crippen LogP contribution < -0.4 is 5.32 Å². The molecule has 1 atom stereocenters. The van der Waals surface area contributed by atoms with Crippen LogP contribution in [0.4, 0.5) is 0 Å². The topological polar surface area (TPSA) is 15.3 Å². The molecule has 16 heavy (non-hydrogen) atoms. The molecule has 0 saturated carbocycles. The Labute approximate surface area is 102 Å². The average Bonchev–Trinajstić information content (AvgIpc) is 2.33. The molecule has 1 N–H and O–H groups in total. The second-order valence-electron chi connectivity index (χ2n) is 5.10. The molecule has 1 heterocycles. The average molecular weight is 226 g/mol. The van der Waals surface area contributed by atoms with Gasteiger partial charge in [0.1, 0.15) is 0 Å². The van der Waals surface area contributed by atoms with Gasteiger partial charge in [0.05, 0.1) is 0 Å². The fourth-order valence-electron chi connectivity index (χ4n) is 2.52. The Morgan fingerprint density at radius 2 is 1.94 bits per heavy atom. The molecule has 1 rings (SSSR count). The summed E-state index contributed by atoms with van der Waals surface area (Å²) in [5.74, 6) is 0. The van der Waals surface area contributed by atoms with Crippen molar-refractivity contribution in [2.45, 2.75) is 64.8 Å². The Kier molecular flexibility index (Phi) is 7.87. The molecule has 0 aromatic heterocycles. The number of hydrogen-bond donors (Lipinski definition) is 1. The van der Waals surface area contributed by atoms with E-state index in [-0.39, 0.29) is 0 Å². The number of hydrogen-bond acceptors (Lipinski definition) is 2. The van der Waals surface area contributed by atoms with Crippen molar-refractivity contribution in [1.82, 2.24) is 10.2 Å². The molecule has 2 nitrogen and oxygen atoms in total. The van der Waals surface area contributed by atoms with E-state index in [1.807, 2.05) is 0 Å². The second-order valence-corrected chi connectivity index (χ2v) is 5.10. The number of piperidine rings is 1. The minimum Gasteiger partial charge on any atom is -0.315 e. The molecule has 1 fully saturated rings. The van der Waals surface area contributed by atoms with Gasteiger partial charge < -0.3 is 5.32 Å². The zero-order chi connectivity index (χ0) is 11.6. The number of nitrogens with one attached hydrogen (secondary N) is 1. The fourth-order valence-corrected chi connectivity index (χ4v) is 2.52. The third-order valence-corrected chi connectivity index (χ3v) is 3.64. The van der Waals surface area contributed by atoms with E-state index < -0.39 is 0 Å². The van der Waals surface area contributed by atoms with Crippen LogP contribution in [0.2, 0.25) is 0 Å². The normalized spacial score (nSPS) is 22.5. The van der Waals surface area contributed by atoms with Gasteiger partial charge in [-0.15, -0.1) is 0 Å². The molecular formula is C14H30N2. The van der Waals surface area contributed by atoms with E-state index in [0.717, 1.165) is 6.04 Å². The Balaban J connectivity index is 2.18. The third kappa shape index (κ3) is 5.31. The highest BCUT2D eigenvalue weighted by Gasteiger charge is 2.20. The Hall–Kier alpha value is -0.0800. The molecule has 0 aliphatic carbocycles. The smallest absolute Gasteiger partial charge is 0.0220 e. The third-order valence-electron chi connectivity index (χ3n) is 3.64. The lowest BCUT2D eigenvalue weighted by molar-refractivity contribution is 0.143. The van der Waals surface area contributed by atoms with Crippen molar-refractivity contribution in [2.24, 2.45) is 0 Å². The van der Waals surface area contributed by atoms with E-state index in [9.17, 15) is 0 Å². The van der Waals surface area contributed by atoms with Crippen LogP contribution in [0.1, 0.15) is 58.8 Å². The van der Waals surface area contributed by atoms with Gasteiger partial charge in [0, 0.05) is 12.6 Å². The summed E-state index contributed by atoms with van der Waals surface area (Å²) < 4.78 is 0. The van der Waals surface area contributed by atoms with Gasteiger partial charge in [-0.1, -0.05) is 33.1 Å². The first kappa shape index (κ1) is 14.0. The van der Waals surface area contributed by atoms with E-state index >= 15 is 0 Å². The molecule has 0 radical (unpaired) electrons. The molecule has 1 saturated heterocycles. The summed E-state index contributed by atoms with van der Waals surface area (Å²) in [6.45, 7) is 9.61. The van der Waals surface area contributed by atoms with Crippen molar-refractivity contribution >= 4 is 0 Å². The largest absolute Gasteiger partial charge is 0.315 e. The Morgan fingerprint density at radius 3 is 2.69 bits per heavy atom. The van der Waals surface area contributed by atoms with Gasteiger partial charge in [-0.25, -0.2) is 0 Å². The molecule has 0 bridgehead atoms. The summed E-state index contributed by atoms with van der Waals surface area (Å²) in [5, 5.41) is 3.62. The van der Waals surface area contributed by atoms with Crippen LogP contribution in [-0.2, 0) is 0 Å². The first-order valence-corrected chi connectivity index (χ1v) is 7.33. The zero-order valence-electron chi connectivity index (χ0n) is 11.3. The van der Waals surface area contributed by atoms with Gasteiger partial charge in [-0.2, -0.15) is 0 Å². The number of unbranched alkanes of at least 4 members (excludes halogenated alkanes) is 2. The van der Waals surface area contributed by atoms with E-state index in [0.29, 0.717) is 0 Å². The monoisotopic (exact) mass is 226 g/mol. The van der Waals surface area contributed by atoms with E-state index in [1.165, 1.54) is 71.1 Å². The number of nitrogens with zero attached hydrogens (tertiary/aromatic N) is 1. The highest BCUT2D eigenvalue weighted by molar-refractivity contribution is 4.78. The lowest BCUT2D eigenvalue weighted by Gasteiger charge is -2.36. The first-order valence-electron chi connectivity index (χ1n) is 7.33. The molecule has 0 spiro atoms. The fraction of sp³-hybridized carbons (Fsp3) is 1.00. The predicted molar refractivity (Wildman–Crippen MR) is 71.9 cm³/mol. The van der Waals surface area contributed by atoms with Crippen LogP contribution in [-0.4, -0.2) is 37.1 Å². The van der Waals surface area contributed by atoms with E-state index in [1.54, 1.807) is 0 Å². The maximum absolute atomic E-state index is 3.62. The molecular weight excluding hydrogens is 196 g/mol. The maximum Gasteiger partial charge on any atom is 0.0220 e. The second kappa shape index (κ2) is 9.00. The zero-order valence-corrected chi connectivity index (χ0v) is 11.3. The van der Waals surface area contributed by atoms with Crippen LogP contribution in [0.15, 0.2) is 0 Å². The predicted octanol–water partition coefficient (Wildman–Crippen LogP) is 3.03. The highest BCUT2D eigenvalue weighted by atomic mass is 15.2. The van der Waals surface area contributed by atoms with E-state index in [2.05, 4.69) is 24.1 Å². The van der Waals surface area contributed by atoms with Gasteiger partial charge in [0.2, 0.25) is 0 Å². The van der Waals surface area contributed by atoms with Crippen LogP contribution >= 0.6 is 0 Å². The van der Waals surface area contributed by atoms with Crippen LogP contribution in [0.3, 0.4) is 0 Å². The van der Waals surface area contributed by atoms with Gasteiger partial charge in [-0.05, 0) is 45.3 Å². The van der Waals surface area contributed by atoms with Crippen LogP contribution in [0, 0.1) is 0 Å². The molecule has 2 heteroatoms. The summed E-state index contributed by atoms with van der Waals surface area (Å²) in [5.41, 5.74) is 0. The number of likely N-dealkylation sites (tertiary alicyclic amines) is 1. The van der Waals surface area contributed by atoms with Crippen molar-refractivity contribution in [3.63, 3.8) is 0 Å². The van der Waals surface area contributed by atoms with Crippen molar-refractivity contribution in [3.05, 3.63) is 0 Å². The molecule has 0 amide bonds. The molecule has 96 valence electrons. The lowest BCUT2D eigenvalue weighted by atomic mass is 10.0. The highest BCUT2D eigenvalue weighted by Crippen LogP contribution is 2.16. The summed E-state index contributed by atoms with van der Waals surface area (Å²) in [6, 6.07) is 0.817. The standard InChI is InChI=1S/C14H30N2/c1-3-5-10-15-13-14-9-7-8-12-16(14)11-6-4-2/h14-15H,3-13H2,1-2H3/t14-/m0/s1.